The molecule has 70 valence electrons. The standard InChI is InChI=1S/C7H12N2OS.ClH/c1-11-6-3-7(10)9-5-2-4-8-9;/h3,6,8H,2,4-5H2,1H3;1H/b6-3+;. The van der Waals surface area contributed by atoms with Crippen molar-refractivity contribution in [2.24, 2.45) is 0 Å². The summed E-state index contributed by atoms with van der Waals surface area (Å²) in [6.07, 6.45) is 4.57. The molecule has 0 unspecified atom stereocenters. The highest BCUT2D eigenvalue weighted by molar-refractivity contribution is 8.01. The van der Waals surface area contributed by atoms with Crippen molar-refractivity contribution in [3.8, 4) is 0 Å². The van der Waals surface area contributed by atoms with E-state index in [4.69, 9.17) is 0 Å². The van der Waals surface area contributed by atoms with Crippen LogP contribution in [0.15, 0.2) is 11.5 Å². The molecule has 0 spiro atoms. The summed E-state index contributed by atoms with van der Waals surface area (Å²) in [5.41, 5.74) is 2.99. The highest BCUT2D eigenvalue weighted by atomic mass is 35.5. The van der Waals surface area contributed by atoms with Gasteiger partial charge in [-0.15, -0.1) is 24.2 Å². The molecule has 1 heterocycles. The molecule has 5 heteroatoms. The second-order valence-corrected chi connectivity index (χ2v) is 3.03. The van der Waals surface area contributed by atoms with Crippen LogP contribution in [0.4, 0.5) is 0 Å². The number of carbonyl (C=O) groups excluding carboxylic acids is 1. The fraction of sp³-hybridized carbons (Fsp3) is 0.571. The number of thioether (sulfide) groups is 1. The number of nitrogens with one attached hydrogen (secondary N) is 1. The van der Waals surface area contributed by atoms with Gasteiger partial charge in [0.2, 0.25) is 0 Å². The third-order valence-electron chi connectivity index (χ3n) is 1.47. The Kier molecular flexibility index (Phi) is 6.24. The molecule has 0 saturated carbocycles. The maximum Gasteiger partial charge on any atom is 0.261 e. The van der Waals surface area contributed by atoms with Crippen LogP contribution >= 0.6 is 24.2 Å². The zero-order valence-electron chi connectivity index (χ0n) is 6.95. The number of hydrogen-bond acceptors (Lipinski definition) is 3. The Bertz CT molecular complexity index is 169. The molecule has 1 saturated heterocycles. The summed E-state index contributed by atoms with van der Waals surface area (Å²) in [7, 11) is 0. The third-order valence-corrected chi connectivity index (χ3v) is 1.88. The maximum absolute atomic E-state index is 11.2. The molecule has 3 nitrogen and oxygen atoms in total. The molecule has 0 aromatic heterocycles. The Morgan fingerprint density at radius 2 is 2.42 bits per heavy atom. The first-order valence-corrected chi connectivity index (χ1v) is 4.87. The SMILES string of the molecule is CS/C=C/C(=O)N1CCCN1.Cl. The van der Waals surface area contributed by atoms with Crippen LogP contribution in [0.25, 0.3) is 0 Å². The molecule has 12 heavy (non-hydrogen) atoms. The van der Waals surface area contributed by atoms with Gasteiger partial charge in [-0.25, -0.2) is 5.43 Å². The molecule has 1 N–H and O–H groups in total. The Labute approximate surface area is 83.0 Å². The number of carbonyl (C=O) groups is 1. The van der Waals surface area contributed by atoms with E-state index in [0.29, 0.717) is 0 Å². The second kappa shape index (κ2) is 6.34. The van der Waals surface area contributed by atoms with Gasteiger partial charge in [-0.2, -0.15) is 0 Å². The summed E-state index contributed by atoms with van der Waals surface area (Å²) < 4.78 is 0. The summed E-state index contributed by atoms with van der Waals surface area (Å²) in [4.78, 5) is 11.2. The van der Waals surface area contributed by atoms with Crippen molar-refractivity contribution >= 4 is 30.1 Å². The summed E-state index contributed by atoms with van der Waals surface area (Å²) in [5, 5.41) is 3.44. The second-order valence-electron chi connectivity index (χ2n) is 2.29. The van der Waals surface area contributed by atoms with Gasteiger partial charge >= 0.3 is 0 Å². The minimum atomic E-state index is 0. The van der Waals surface area contributed by atoms with Gasteiger partial charge in [0.25, 0.3) is 5.91 Å². The first kappa shape index (κ1) is 11.8. The molecule has 1 rings (SSSR count). The highest BCUT2D eigenvalue weighted by Gasteiger charge is 2.13. The van der Waals surface area contributed by atoms with E-state index in [1.165, 1.54) is 11.8 Å². The maximum atomic E-state index is 11.2. The van der Waals surface area contributed by atoms with Crippen molar-refractivity contribution in [1.82, 2.24) is 10.4 Å². The summed E-state index contributed by atoms with van der Waals surface area (Å²) in [5.74, 6) is 0.0526. The molecule has 1 fully saturated rings. The lowest BCUT2D eigenvalue weighted by Gasteiger charge is -2.11. The lowest BCUT2D eigenvalue weighted by molar-refractivity contribution is -0.127. The van der Waals surface area contributed by atoms with E-state index in [1.807, 2.05) is 6.26 Å². The van der Waals surface area contributed by atoms with Gasteiger partial charge in [-0.05, 0) is 18.1 Å². The lowest BCUT2D eigenvalue weighted by Crippen LogP contribution is -2.35. The van der Waals surface area contributed by atoms with Crippen LogP contribution in [-0.2, 0) is 4.79 Å². The minimum absolute atomic E-state index is 0. The fourth-order valence-corrected chi connectivity index (χ4v) is 1.19. The van der Waals surface area contributed by atoms with E-state index in [1.54, 1.807) is 16.5 Å². The zero-order chi connectivity index (χ0) is 8.10. The van der Waals surface area contributed by atoms with Crippen molar-refractivity contribution in [1.29, 1.82) is 0 Å². The summed E-state index contributed by atoms with van der Waals surface area (Å²) >= 11 is 1.53. The van der Waals surface area contributed by atoms with Gasteiger partial charge in [-0.1, -0.05) is 0 Å². The molecule has 0 bridgehead atoms. The lowest BCUT2D eigenvalue weighted by atomic mass is 10.4. The average Bonchev–Trinajstić information content (AvgIpc) is 2.52. The fourth-order valence-electron chi connectivity index (χ4n) is 0.935. The number of rotatable bonds is 2. The largest absolute Gasteiger partial charge is 0.274 e. The molecular weight excluding hydrogens is 196 g/mol. The first-order valence-electron chi connectivity index (χ1n) is 3.59. The molecule has 0 aliphatic carbocycles. The summed E-state index contributed by atoms with van der Waals surface area (Å²) in [6, 6.07) is 0. The Morgan fingerprint density at radius 3 is 2.92 bits per heavy atom. The number of amides is 1. The molecule has 1 aliphatic heterocycles. The van der Waals surface area contributed by atoms with E-state index in [9.17, 15) is 4.79 Å². The van der Waals surface area contributed by atoms with Gasteiger partial charge in [0.15, 0.2) is 0 Å². The smallest absolute Gasteiger partial charge is 0.261 e. The van der Waals surface area contributed by atoms with Crippen LogP contribution in [0.5, 0.6) is 0 Å². The summed E-state index contributed by atoms with van der Waals surface area (Å²) in [6.45, 7) is 1.75. The van der Waals surface area contributed by atoms with E-state index in [-0.39, 0.29) is 18.3 Å². The Hall–Kier alpha value is -0.190. The number of nitrogens with zero attached hydrogens (tertiary/aromatic N) is 1. The normalized spacial score (nSPS) is 16.6. The minimum Gasteiger partial charge on any atom is -0.274 e. The quantitative estimate of drug-likeness (QED) is 0.688. The topological polar surface area (TPSA) is 32.3 Å². The molecule has 1 amide bonds. The molecular formula is C7H13ClN2OS. The number of hydrogen-bond donors (Lipinski definition) is 1. The predicted octanol–water partition coefficient (Wildman–Crippen LogP) is 1.02. The van der Waals surface area contributed by atoms with E-state index in [2.05, 4.69) is 5.43 Å². The van der Waals surface area contributed by atoms with Crippen molar-refractivity contribution in [3.63, 3.8) is 0 Å². The molecule has 0 aromatic rings. The van der Waals surface area contributed by atoms with Crippen LogP contribution in [0.1, 0.15) is 6.42 Å². The van der Waals surface area contributed by atoms with Crippen LogP contribution in [0.2, 0.25) is 0 Å². The van der Waals surface area contributed by atoms with Crippen LogP contribution in [0, 0.1) is 0 Å². The van der Waals surface area contributed by atoms with Gasteiger partial charge < -0.3 is 0 Å². The highest BCUT2D eigenvalue weighted by Crippen LogP contribution is 1.99. The van der Waals surface area contributed by atoms with E-state index >= 15 is 0 Å². The monoisotopic (exact) mass is 208 g/mol. The van der Waals surface area contributed by atoms with Crippen molar-refractivity contribution in [2.75, 3.05) is 19.3 Å². The van der Waals surface area contributed by atoms with Gasteiger partial charge in [0.05, 0.1) is 0 Å². The van der Waals surface area contributed by atoms with Gasteiger partial charge in [0, 0.05) is 19.2 Å². The van der Waals surface area contributed by atoms with Crippen molar-refractivity contribution in [3.05, 3.63) is 11.5 Å². The van der Waals surface area contributed by atoms with Crippen molar-refractivity contribution in [2.45, 2.75) is 6.42 Å². The number of halogens is 1. The first-order chi connectivity index (χ1) is 5.34. The van der Waals surface area contributed by atoms with E-state index < -0.39 is 0 Å². The van der Waals surface area contributed by atoms with Crippen LogP contribution < -0.4 is 5.43 Å². The molecule has 1 aliphatic rings. The molecule has 0 atom stereocenters. The van der Waals surface area contributed by atoms with Crippen molar-refractivity contribution < 1.29 is 4.79 Å². The van der Waals surface area contributed by atoms with Crippen LogP contribution in [-0.4, -0.2) is 30.3 Å². The zero-order valence-corrected chi connectivity index (χ0v) is 8.58. The Balaban J connectivity index is 0.00000121. The third kappa shape index (κ3) is 3.47. The Morgan fingerprint density at radius 1 is 1.67 bits per heavy atom. The van der Waals surface area contributed by atoms with Gasteiger partial charge in [0.1, 0.15) is 0 Å². The molecule has 0 radical (unpaired) electrons. The van der Waals surface area contributed by atoms with E-state index in [0.717, 1.165) is 19.5 Å². The van der Waals surface area contributed by atoms with Gasteiger partial charge in [-0.3, -0.25) is 9.80 Å². The number of hydrazine groups is 1. The predicted molar refractivity (Wildman–Crippen MR) is 54.2 cm³/mol. The average molecular weight is 209 g/mol. The molecule has 0 aromatic carbocycles. The van der Waals surface area contributed by atoms with Crippen LogP contribution in [0.3, 0.4) is 0 Å².